The van der Waals surface area contributed by atoms with Gasteiger partial charge in [-0.2, -0.15) is 5.26 Å². The molecule has 66 valence electrons. The van der Waals surface area contributed by atoms with Gasteiger partial charge in [-0.1, -0.05) is 0 Å². The summed E-state index contributed by atoms with van der Waals surface area (Å²) in [5, 5.41) is 17.9. The fourth-order valence-corrected chi connectivity index (χ4v) is 1.20. The highest BCUT2D eigenvalue weighted by molar-refractivity contribution is 5.51. The lowest BCUT2D eigenvalue weighted by Crippen LogP contribution is -1.92. The number of rotatable bonds is 1. The van der Waals surface area contributed by atoms with Gasteiger partial charge in [-0.25, -0.2) is 0 Å². The smallest absolute Gasteiger partial charge is 0.231 e. The van der Waals surface area contributed by atoms with Gasteiger partial charge >= 0.3 is 0 Å². The highest BCUT2D eigenvalue weighted by Crippen LogP contribution is 2.37. The maximum atomic E-state index is 9.42. The Morgan fingerprint density at radius 1 is 1.38 bits per heavy atom. The third-order valence-electron chi connectivity index (χ3n) is 1.84. The average Bonchev–Trinajstić information content (AvgIpc) is 2.52. The Balaban J connectivity index is 2.44. The Kier molecular flexibility index (Phi) is 1.71. The molecule has 4 heteroatoms. The van der Waals surface area contributed by atoms with Crippen molar-refractivity contribution in [1.29, 1.82) is 5.26 Å². The van der Waals surface area contributed by atoms with Crippen molar-refractivity contribution in [3.05, 3.63) is 17.7 Å². The van der Waals surface area contributed by atoms with Gasteiger partial charge in [0.05, 0.1) is 12.5 Å². The zero-order valence-corrected chi connectivity index (χ0v) is 6.78. The lowest BCUT2D eigenvalue weighted by molar-refractivity contribution is 0.174. The number of hydrogen-bond acceptors (Lipinski definition) is 4. The molecule has 0 saturated carbocycles. The van der Waals surface area contributed by atoms with E-state index in [1.54, 1.807) is 6.07 Å². The molecule has 0 aliphatic carbocycles. The molecule has 0 radical (unpaired) electrons. The first-order chi connectivity index (χ1) is 6.31. The molecule has 1 aliphatic heterocycles. The quantitative estimate of drug-likeness (QED) is 0.699. The van der Waals surface area contributed by atoms with Crippen LogP contribution in [0.5, 0.6) is 17.2 Å². The first kappa shape index (κ1) is 7.74. The third-order valence-corrected chi connectivity index (χ3v) is 1.84. The first-order valence-electron chi connectivity index (χ1n) is 3.79. The summed E-state index contributed by atoms with van der Waals surface area (Å²) in [6, 6.07) is 5.05. The summed E-state index contributed by atoms with van der Waals surface area (Å²) >= 11 is 0. The second-order valence-electron chi connectivity index (χ2n) is 2.67. The van der Waals surface area contributed by atoms with Crippen molar-refractivity contribution in [2.45, 2.75) is 6.42 Å². The van der Waals surface area contributed by atoms with Crippen molar-refractivity contribution in [2.75, 3.05) is 6.79 Å². The monoisotopic (exact) mass is 177 g/mol. The number of phenolic OH excluding ortho intramolecular Hbond substituents is 1. The highest BCUT2D eigenvalue weighted by Gasteiger charge is 2.16. The Labute approximate surface area is 74.9 Å². The minimum Gasteiger partial charge on any atom is -0.507 e. The van der Waals surface area contributed by atoms with E-state index in [9.17, 15) is 5.11 Å². The second-order valence-corrected chi connectivity index (χ2v) is 2.67. The number of nitrogens with zero attached hydrogens (tertiary/aromatic N) is 1. The first-order valence-corrected chi connectivity index (χ1v) is 3.79. The normalized spacial score (nSPS) is 12.5. The van der Waals surface area contributed by atoms with Gasteiger partial charge in [-0.3, -0.25) is 0 Å². The Hall–Kier alpha value is -1.89. The van der Waals surface area contributed by atoms with Gasteiger partial charge in [0.15, 0.2) is 11.5 Å². The maximum Gasteiger partial charge on any atom is 0.231 e. The largest absolute Gasteiger partial charge is 0.507 e. The van der Waals surface area contributed by atoms with E-state index in [4.69, 9.17) is 14.7 Å². The molecular formula is C9H7NO3. The van der Waals surface area contributed by atoms with Gasteiger partial charge in [-0.05, 0) is 6.07 Å². The van der Waals surface area contributed by atoms with Crippen LogP contribution in [0.25, 0.3) is 0 Å². The van der Waals surface area contributed by atoms with Crippen molar-refractivity contribution in [2.24, 2.45) is 0 Å². The molecule has 0 fully saturated rings. The molecule has 2 rings (SSSR count). The van der Waals surface area contributed by atoms with Crippen LogP contribution in [0.4, 0.5) is 0 Å². The Morgan fingerprint density at radius 3 is 2.77 bits per heavy atom. The van der Waals surface area contributed by atoms with Gasteiger partial charge in [0.25, 0.3) is 0 Å². The number of benzene rings is 1. The fraction of sp³-hybridized carbons (Fsp3) is 0.222. The predicted molar refractivity (Wildman–Crippen MR) is 43.5 cm³/mol. The zero-order chi connectivity index (χ0) is 9.26. The van der Waals surface area contributed by atoms with Gasteiger partial charge in [0, 0.05) is 11.6 Å². The maximum absolute atomic E-state index is 9.42. The summed E-state index contributed by atoms with van der Waals surface area (Å²) in [5.74, 6) is 1.19. The number of hydrogen-bond donors (Lipinski definition) is 1. The molecule has 13 heavy (non-hydrogen) atoms. The van der Waals surface area contributed by atoms with E-state index in [1.807, 2.05) is 6.07 Å². The number of phenols is 1. The van der Waals surface area contributed by atoms with Gasteiger partial charge in [0.1, 0.15) is 5.75 Å². The number of nitriles is 1. The third kappa shape index (κ3) is 1.25. The molecule has 0 amide bonds. The zero-order valence-electron chi connectivity index (χ0n) is 6.78. The van der Waals surface area contributed by atoms with Gasteiger partial charge < -0.3 is 14.6 Å². The predicted octanol–water partition coefficient (Wildman–Crippen LogP) is 1.19. The van der Waals surface area contributed by atoms with Crippen molar-refractivity contribution in [3.63, 3.8) is 0 Å². The second kappa shape index (κ2) is 2.87. The molecular weight excluding hydrogens is 170 g/mol. The number of ether oxygens (including phenoxy) is 2. The summed E-state index contributed by atoms with van der Waals surface area (Å²) in [4.78, 5) is 0. The van der Waals surface area contributed by atoms with Crippen LogP contribution in [0, 0.1) is 11.3 Å². The Morgan fingerprint density at radius 2 is 2.08 bits per heavy atom. The van der Waals surface area contributed by atoms with Crippen LogP contribution in [-0.2, 0) is 6.42 Å². The lowest BCUT2D eigenvalue weighted by atomic mass is 10.1. The molecule has 1 N–H and O–H groups in total. The summed E-state index contributed by atoms with van der Waals surface area (Å²) in [6.45, 7) is 0.171. The number of aromatic hydroxyl groups is 1. The molecule has 0 unspecified atom stereocenters. The van der Waals surface area contributed by atoms with Crippen LogP contribution in [0.2, 0.25) is 0 Å². The molecule has 0 aromatic heterocycles. The Bertz CT molecular complexity index is 381. The minimum absolute atomic E-state index is 0.0748. The molecule has 1 aromatic carbocycles. The van der Waals surface area contributed by atoms with E-state index < -0.39 is 0 Å². The summed E-state index contributed by atoms with van der Waals surface area (Å²) in [5.41, 5.74) is 0.562. The van der Waals surface area contributed by atoms with Crippen LogP contribution in [-0.4, -0.2) is 11.9 Å². The van der Waals surface area contributed by atoms with Crippen molar-refractivity contribution < 1.29 is 14.6 Å². The average molecular weight is 177 g/mol. The lowest BCUT2D eigenvalue weighted by Gasteiger charge is -2.01. The summed E-state index contributed by atoms with van der Waals surface area (Å²) < 4.78 is 10.1. The number of fused-ring (bicyclic) bond motifs is 1. The van der Waals surface area contributed by atoms with Gasteiger partial charge in [0.2, 0.25) is 6.79 Å². The van der Waals surface area contributed by atoms with E-state index in [0.717, 1.165) is 0 Å². The topological polar surface area (TPSA) is 62.5 Å². The standard InChI is InChI=1S/C9H7NO3/c10-2-1-6-3-8-9(4-7(6)11)13-5-12-8/h3-4,11H,1,5H2. The molecule has 0 atom stereocenters. The molecule has 1 aliphatic rings. The van der Waals surface area contributed by atoms with E-state index in [1.165, 1.54) is 6.07 Å². The highest BCUT2D eigenvalue weighted by atomic mass is 16.7. The van der Waals surface area contributed by atoms with Crippen LogP contribution in [0.15, 0.2) is 12.1 Å². The SMILES string of the molecule is N#CCc1cc2c(cc1O)OCO2. The molecule has 0 bridgehead atoms. The van der Waals surface area contributed by atoms with Crippen molar-refractivity contribution in [3.8, 4) is 23.3 Å². The summed E-state index contributed by atoms with van der Waals surface area (Å²) in [6.07, 6.45) is 0.169. The van der Waals surface area contributed by atoms with Gasteiger partial charge in [-0.15, -0.1) is 0 Å². The van der Waals surface area contributed by atoms with E-state index in [-0.39, 0.29) is 19.0 Å². The molecule has 0 spiro atoms. The minimum atomic E-state index is 0.0748. The molecule has 4 nitrogen and oxygen atoms in total. The summed E-state index contributed by atoms with van der Waals surface area (Å²) in [7, 11) is 0. The van der Waals surface area contributed by atoms with Crippen LogP contribution in [0.1, 0.15) is 5.56 Å². The van der Waals surface area contributed by atoms with Crippen LogP contribution in [0.3, 0.4) is 0 Å². The van der Waals surface area contributed by atoms with E-state index >= 15 is 0 Å². The van der Waals surface area contributed by atoms with Crippen LogP contribution < -0.4 is 9.47 Å². The van der Waals surface area contributed by atoms with E-state index in [0.29, 0.717) is 17.1 Å². The van der Waals surface area contributed by atoms with Crippen molar-refractivity contribution in [1.82, 2.24) is 0 Å². The van der Waals surface area contributed by atoms with Crippen LogP contribution >= 0.6 is 0 Å². The van der Waals surface area contributed by atoms with Crippen molar-refractivity contribution >= 4 is 0 Å². The molecule has 1 aromatic rings. The fourth-order valence-electron chi connectivity index (χ4n) is 1.20. The van der Waals surface area contributed by atoms with E-state index in [2.05, 4.69) is 0 Å². The molecule has 1 heterocycles. The molecule has 0 saturated heterocycles.